The molecule has 0 aromatic heterocycles. The topological polar surface area (TPSA) is 58.2 Å². The van der Waals surface area contributed by atoms with E-state index in [9.17, 15) is 9.59 Å². The summed E-state index contributed by atoms with van der Waals surface area (Å²) in [5.74, 6) is -0.458. The minimum Gasteiger partial charge on any atom is -0.326 e. The van der Waals surface area contributed by atoms with E-state index in [1.807, 2.05) is 0 Å². The maximum atomic E-state index is 11.7. The molecule has 1 heterocycles. The van der Waals surface area contributed by atoms with E-state index in [2.05, 4.69) is 10.6 Å². The summed E-state index contributed by atoms with van der Waals surface area (Å²) in [5, 5.41) is 5.28. The zero-order chi connectivity index (χ0) is 13.1. The number of nitrogens with one attached hydrogen (secondary N) is 2. The van der Waals surface area contributed by atoms with Crippen LogP contribution in [0.4, 0.5) is 5.69 Å². The first-order chi connectivity index (χ1) is 8.54. The number of halogens is 1. The van der Waals surface area contributed by atoms with Crippen LogP contribution in [-0.2, 0) is 9.59 Å². The number of thiocarbonyl (C=S) groups is 1. The quantitative estimate of drug-likeness (QED) is 0.840. The van der Waals surface area contributed by atoms with E-state index in [1.165, 1.54) is 11.8 Å². The minimum absolute atomic E-state index is 0.0865. The largest absolute Gasteiger partial charge is 0.326 e. The number of benzene rings is 1. The predicted octanol–water partition coefficient (Wildman–Crippen LogP) is 2.19. The van der Waals surface area contributed by atoms with E-state index < -0.39 is 5.25 Å². The monoisotopic (exact) mass is 300 g/mol. The van der Waals surface area contributed by atoms with Crippen LogP contribution in [0.5, 0.6) is 0 Å². The van der Waals surface area contributed by atoms with Crippen LogP contribution in [0.25, 0.3) is 0 Å². The molecule has 0 saturated carbocycles. The molecule has 0 bridgehead atoms. The second-order valence-corrected chi connectivity index (χ2v) is 5.96. The maximum Gasteiger partial charge on any atom is 0.239 e. The third-order valence-corrected chi connectivity index (χ3v) is 3.85. The van der Waals surface area contributed by atoms with E-state index in [4.69, 9.17) is 23.8 Å². The first-order valence-corrected chi connectivity index (χ1v) is 6.78. The Morgan fingerprint density at radius 2 is 2.33 bits per heavy atom. The fourth-order valence-electron chi connectivity index (χ4n) is 1.47. The van der Waals surface area contributed by atoms with Crippen LogP contribution in [0.2, 0.25) is 5.02 Å². The van der Waals surface area contributed by atoms with Crippen molar-refractivity contribution in [3.63, 3.8) is 0 Å². The van der Waals surface area contributed by atoms with Crippen molar-refractivity contribution in [1.29, 1.82) is 0 Å². The van der Waals surface area contributed by atoms with Crippen LogP contribution in [0.3, 0.4) is 0 Å². The molecule has 4 nitrogen and oxygen atoms in total. The molecule has 1 fully saturated rings. The van der Waals surface area contributed by atoms with Crippen LogP contribution in [0.15, 0.2) is 24.3 Å². The molecule has 0 radical (unpaired) electrons. The summed E-state index contributed by atoms with van der Waals surface area (Å²) in [6, 6.07) is 6.84. The van der Waals surface area contributed by atoms with E-state index in [0.29, 0.717) is 15.0 Å². The van der Waals surface area contributed by atoms with Gasteiger partial charge in [0.2, 0.25) is 11.8 Å². The summed E-state index contributed by atoms with van der Waals surface area (Å²) < 4.78 is 0.417. The van der Waals surface area contributed by atoms with Gasteiger partial charge in [-0.3, -0.25) is 9.59 Å². The Kier molecular flexibility index (Phi) is 4.21. The number of amides is 2. The zero-order valence-corrected chi connectivity index (χ0v) is 11.5. The van der Waals surface area contributed by atoms with Gasteiger partial charge in [0, 0.05) is 17.1 Å². The fraction of sp³-hybridized carbons (Fsp3) is 0.182. The Hall–Kier alpha value is -1.11. The first kappa shape index (κ1) is 13.3. The van der Waals surface area contributed by atoms with Crippen LogP contribution < -0.4 is 10.6 Å². The van der Waals surface area contributed by atoms with Gasteiger partial charge in [-0.1, -0.05) is 41.6 Å². The molecule has 0 aliphatic carbocycles. The third-order valence-electron chi connectivity index (χ3n) is 2.25. The molecule has 18 heavy (non-hydrogen) atoms. The molecule has 94 valence electrons. The van der Waals surface area contributed by atoms with Crippen molar-refractivity contribution >= 4 is 57.4 Å². The molecule has 1 aliphatic rings. The van der Waals surface area contributed by atoms with Crippen molar-refractivity contribution in [2.24, 2.45) is 0 Å². The summed E-state index contributed by atoms with van der Waals surface area (Å²) in [6.07, 6.45) is 0.0865. The highest BCUT2D eigenvalue weighted by Gasteiger charge is 2.30. The van der Waals surface area contributed by atoms with Gasteiger partial charge >= 0.3 is 0 Å². The van der Waals surface area contributed by atoms with Crippen LogP contribution >= 0.6 is 35.6 Å². The molecule has 0 spiro atoms. The molecule has 1 unspecified atom stereocenters. The average molecular weight is 301 g/mol. The van der Waals surface area contributed by atoms with E-state index in [-0.39, 0.29) is 18.2 Å². The van der Waals surface area contributed by atoms with Gasteiger partial charge in [0.1, 0.15) is 4.32 Å². The molecular weight excluding hydrogens is 292 g/mol. The number of thioether (sulfide) groups is 1. The van der Waals surface area contributed by atoms with Crippen LogP contribution in [0.1, 0.15) is 6.42 Å². The SMILES string of the molecule is O=C(CC1SC(=S)NC1=O)Nc1cccc(Cl)c1. The molecule has 7 heteroatoms. The number of carbonyl (C=O) groups excluding carboxylic acids is 2. The van der Waals surface area contributed by atoms with Gasteiger partial charge in [0.25, 0.3) is 0 Å². The third kappa shape index (κ3) is 3.44. The molecule has 2 N–H and O–H groups in total. The van der Waals surface area contributed by atoms with Gasteiger partial charge < -0.3 is 10.6 Å². The zero-order valence-electron chi connectivity index (χ0n) is 9.10. The van der Waals surface area contributed by atoms with Gasteiger partial charge in [0.05, 0.1) is 5.25 Å². The van der Waals surface area contributed by atoms with Crippen molar-refractivity contribution in [3.05, 3.63) is 29.3 Å². The van der Waals surface area contributed by atoms with Crippen molar-refractivity contribution in [1.82, 2.24) is 5.32 Å². The molecule has 1 aromatic rings. The van der Waals surface area contributed by atoms with Gasteiger partial charge in [0.15, 0.2) is 0 Å². The Morgan fingerprint density at radius 1 is 1.56 bits per heavy atom. The molecule has 1 aromatic carbocycles. The Morgan fingerprint density at radius 3 is 2.94 bits per heavy atom. The highest BCUT2D eigenvalue weighted by molar-refractivity contribution is 8.24. The molecular formula is C11H9ClN2O2S2. The number of rotatable bonds is 3. The number of hydrogen-bond donors (Lipinski definition) is 2. The van der Waals surface area contributed by atoms with Gasteiger partial charge in [-0.15, -0.1) is 0 Å². The normalized spacial score (nSPS) is 18.6. The Labute approximate surface area is 118 Å². The summed E-state index contributed by atoms with van der Waals surface area (Å²) in [5.41, 5.74) is 0.610. The first-order valence-electron chi connectivity index (χ1n) is 5.11. The maximum absolute atomic E-state index is 11.7. The Bertz CT molecular complexity index is 522. The predicted molar refractivity (Wildman–Crippen MR) is 76.8 cm³/mol. The van der Waals surface area contributed by atoms with Gasteiger partial charge in [-0.2, -0.15) is 0 Å². The smallest absolute Gasteiger partial charge is 0.239 e. The average Bonchev–Trinajstić information content (AvgIpc) is 2.57. The number of hydrogen-bond acceptors (Lipinski definition) is 4. The molecule has 1 atom stereocenters. The Balaban J connectivity index is 1.93. The highest BCUT2D eigenvalue weighted by atomic mass is 35.5. The highest BCUT2D eigenvalue weighted by Crippen LogP contribution is 2.23. The lowest BCUT2D eigenvalue weighted by Crippen LogP contribution is -2.27. The van der Waals surface area contributed by atoms with E-state index in [0.717, 1.165) is 0 Å². The van der Waals surface area contributed by atoms with Crippen molar-refractivity contribution < 1.29 is 9.59 Å². The summed E-state index contributed by atoms with van der Waals surface area (Å²) >= 11 is 11.9. The second kappa shape index (κ2) is 5.69. The van der Waals surface area contributed by atoms with E-state index in [1.54, 1.807) is 24.3 Å². The van der Waals surface area contributed by atoms with Crippen molar-refractivity contribution in [2.75, 3.05) is 5.32 Å². The van der Waals surface area contributed by atoms with Crippen molar-refractivity contribution in [2.45, 2.75) is 11.7 Å². The summed E-state index contributed by atoms with van der Waals surface area (Å²) in [4.78, 5) is 23.1. The van der Waals surface area contributed by atoms with Crippen LogP contribution in [0, 0.1) is 0 Å². The number of anilines is 1. The van der Waals surface area contributed by atoms with Gasteiger partial charge in [-0.05, 0) is 18.2 Å². The minimum atomic E-state index is -0.448. The summed E-state index contributed by atoms with van der Waals surface area (Å²) in [6.45, 7) is 0. The second-order valence-electron chi connectivity index (χ2n) is 3.65. The van der Waals surface area contributed by atoms with Crippen molar-refractivity contribution in [3.8, 4) is 0 Å². The lowest BCUT2D eigenvalue weighted by molar-refractivity contribution is -0.122. The molecule has 1 saturated heterocycles. The molecule has 1 aliphatic heterocycles. The van der Waals surface area contributed by atoms with E-state index >= 15 is 0 Å². The van der Waals surface area contributed by atoms with Gasteiger partial charge in [-0.25, -0.2) is 0 Å². The lowest BCUT2D eigenvalue weighted by Gasteiger charge is -2.07. The fourth-order valence-corrected chi connectivity index (χ4v) is 2.93. The number of carbonyl (C=O) groups is 2. The van der Waals surface area contributed by atoms with Crippen LogP contribution in [-0.4, -0.2) is 21.4 Å². The summed E-state index contributed by atoms with van der Waals surface area (Å²) in [7, 11) is 0. The lowest BCUT2D eigenvalue weighted by atomic mass is 10.2. The molecule has 2 rings (SSSR count). The molecule has 2 amide bonds. The standard InChI is InChI=1S/C11H9ClN2O2S2/c12-6-2-1-3-7(4-6)13-9(15)5-8-10(16)14-11(17)18-8/h1-4,8H,5H2,(H,13,15)(H,14,16,17).